The summed E-state index contributed by atoms with van der Waals surface area (Å²) in [6.45, 7) is 0.354. The number of hydrogen-bond donors (Lipinski definition) is 1. The van der Waals surface area contributed by atoms with Gasteiger partial charge in [0, 0.05) is 6.54 Å². The topological polar surface area (TPSA) is 89.0 Å². The van der Waals surface area contributed by atoms with Gasteiger partial charge in [0.05, 0.1) is 28.7 Å². The van der Waals surface area contributed by atoms with Crippen LogP contribution in [0.4, 0.5) is 0 Å². The highest BCUT2D eigenvalue weighted by molar-refractivity contribution is 7.91. The third kappa shape index (κ3) is 3.18. The molecule has 1 atom stereocenters. The number of carbonyl (C=O) groups excluding carboxylic acids is 1. The molecule has 1 N–H and O–H groups in total. The summed E-state index contributed by atoms with van der Waals surface area (Å²) in [5.74, 6) is 0.0323. The Labute approximate surface area is 122 Å². The van der Waals surface area contributed by atoms with Crippen molar-refractivity contribution >= 4 is 26.8 Å². The Hall–Kier alpha value is -2.02. The third-order valence-corrected chi connectivity index (χ3v) is 5.40. The van der Waals surface area contributed by atoms with Crippen molar-refractivity contribution in [1.29, 1.82) is 0 Å². The van der Waals surface area contributed by atoms with E-state index in [4.69, 9.17) is 0 Å². The molecule has 1 aliphatic heterocycles. The first-order chi connectivity index (χ1) is 10.0. The van der Waals surface area contributed by atoms with Crippen LogP contribution < -0.4 is 5.32 Å². The number of rotatable bonds is 3. The van der Waals surface area contributed by atoms with Gasteiger partial charge in [0.1, 0.15) is 5.69 Å². The maximum absolute atomic E-state index is 12.0. The SMILES string of the molecule is O=C(NC[C@H]1CCS(=O)(=O)C1)c1cnc2ccccc2n1. The van der Waals surface area contributed by atoms with Gasteiger partial charge in [-0.15, -0.1) is 0 Å². The highest BCUT2D eigenvalue weighted by Gasteiger charge is 2.28. The van der Waals surface area contributed by atoms with Crippen LogP contribution in [0.5, 0.6) is 0 Å². The number of aromatic nitrogens is 2. The van der Waals surface area contributed by atoms with Crippen LogP contribution in [-0.2, 0) is 9.84 Å². The van der Waals surface area contributed by atoms with Gasteiger partial charge in [-0.05, 0) is 24.5 Å². The number of carbonyl (C=O) groups is 1. The molecule has 3 rings (SSSR count). The largest absolute Gasteiger partial charge is 0.350 e. The molecule has 6 nitrogen and oxygen atoms in total. The molecule has 110 valence electrons. The number of benzene rings is 1. The zero-order valence-corrected chi connectivity index (χ0v) is 12.1. The van der Waals surface area contributed by atoms with E-state index < -0.39 is 9.84 Å². The second-order valence-corrected chi connectivity index (χ2v) is 7.45. The molecule has 1 aromatic heterocycles. The van der Waals surface area contributed by atoms with Gasteiger partial charge in [0.2, 0.25) is 0 Å². The normalized spacial score (nSPS) is 20.5. The predicted molar refractivity (Wildman–Crippen MR) is 78.6 cm³/mol. The fraction of sp³-hybridized carbons (Fsp3) is 0.357. The number of nitrogens with zero attached hydrogens (tertiary/aromatic N) is 2. The van der Waals surface area contributed by atoms with Crippen molar-refractivity contribution in [2.24, 2.45) is 5.92 Å². The number of fused-ring (bicyclic) bond motifs is 1. The molecule has 1 aliphatic rings. The minimum Gasteiger partial charge on any atom is -0.350 e. The van der Waals surface area contributed by atoms with Crippen molar-refractivity contribution in [3.63, 3.8) is 0 Å². The zero-order chi connectivity index (χ0) is 14.9. The summed E-state index contributed by atoms with van der Waals surface area (Å²) in [7, 11) is -2.92. The lowest BCUT2D eigenvalue weighted by molar-refractivity contribution is 0.0943. The summed E-state index contributed by atoms with van der Waals surface area (Å²) < 4.78 is 22.7. The van der Waals surface area contributed by atoms with E-state index in [0.717, 1.165) is 5.52 Å². The van der Waals surface area contributed by atoms with Gasteiger partial charge in [0.25, 0.3) is 5.91 Å². The maximum atomic E-state index is 12.0. The van der Waals surface area contributed by atoms with Gasteiger partial charge in [0.15, 0.2) is 9.84 Å². The molecule has 7 heteroatoms. The van der Waals surface area contributed by atoms with Gasteiger partial charge in [-0.25, -0.2) is 13.4 Å². The Morgan fingerprint density at radius 3 is 2.76 bits per heavy atom. The molecule has 0 spiro atoms. The molecular formula is C14H15N3O3S. The number of para-hydroxylation sites is 2. The third-order valence-electron chi connectivity index (χ3n) is 3.56. The molecule has 1 aromatic carbocycles. The van der Waals surface area contributed by atoms with E-state index in [1.807, 2.05) is 18.2 Å². The van der Waals surface area contributed by atoms with Gasteiger partial charge in [-0.3, -0.25) is 9.78 Å². The average Bonchev–Trinajstić information content (AvgIpc) is 2.83. The van der Waals surface area contributed by atoms with Crippen molar-refractivity contribution in [3.8, 4) is 0 Å². The summed E-state index contributed by atoms with van der Waals surface area (Å²) in [6.07, 6.45) is 2.04. The van der Waals surface area contributed by atoms with E-state index in [1.54, 1.807) is 6.07 Å². The second kappa shape index (κ2) is 5.40. The first-order valence-electron chi connectivity index (χ1n) is 6.74. The Kier molecular flexibility index (Phi) is 3.59. The van der Waals surface area contributed by atoms with E-state index in [1.165, 1.54) is 6.20 Å². The molecule has 1 amide bonds. The fourth-order valence-corrected chi connectivity index (χ4v) is 4.29. The highest BCUT2D eigenvalue weighted by atomic mass is 32.2. The van der Waals surface area contributed by atoms with Crippen LogP contribution in [0, 0.1) is 5.92 Å². The van der Waals surface area contributed by atoms with Crippen LogP contribution in [-0.4, -0.2) is 42.3 Å². The van der Waals surface area contributed by atoms with Gasteiger partial charge in [-0.1, -0.05) is 12.1 Å². The standard InChI is InChI=1S/C14H15N3O3S/c18-14(16-7-10-5-6-21(19,20)9-10)13-8-15-11-3-1-2-4-12(11)17-13/h1-4,8,10H,5-7,9H2,(H,16,18)/t10-/m1/s1. The summed E-state index contributed by atoms with van der Waals surface area (Å²) in [5.41, 5.74) is 1.64. The van der Waals surface area contributed by atoms with Gasteiger partial charge in [-0.2, -0.15) is 0 Å². The fourth-order valence-electron chi connectivity index (χ4n) is 2.43. The lowest BCUT2D eigenvalue weighted by Crippen LogP contribution is -2.30. The van der Waals surface area contributed by atoms with E-state index >= 15 is 0 Å². The number of hydrogen-bond acceptors (Lipinski definition) is 5. The van der Waals surface area contributed by atoms with E-state index in [2.05, 4.69) is 15.3 Å². The molecule has 0 unspecified atom stereocenters. The van der Waals surface area contributed by atoms with Crippen molar-refractivity contribution < 1.29 is 13.2 Å². The van der Waals surface area contributed by atoms with E-state index in [-0.39, 0.29) is 29.0 Å². The van der Waals surface area contributed by atoms with Crippen molar-refractivity contribution in [1.82, 2.24) is 15.3 Å². The number of amides is 1. The van der Waals surface area contributed by atoms with Crippen LogP contribution in [0.1, 0.15) is 16.9 Å². The molecule has 0 aliphatic carbocycles. The monoisotopic (exact) mass is 305 g/mol. The van der Waals surface area contributed by atoms with E-state index in [9.17, 15) is 13.2 Å². The van der Waals surface area contributed by atoms with Crippen molar-refractivity contribution in [2.75, 3.05) is 18.1 Å². The zero-order valence-electron chi connectivity index (χ0n) is 11.3. The average molecular weight is 305 g/mol. The Balaban J connectivity index is 1.67. The second-order valence-electron chi connectivity index (χ2n) is 5.22. The first-order valence-corrected chi connectivity index (χ1v) is 8.56. The summed E-state index contributed by atoms with van der Waals surface area (Å²) in [5, 5.41) is 2.74. The summed E-state index contributed by atoms with van der Waals surface area (Å²) >= 11 is 0. The maximum Gasteiger partial charge on any atom is 0.271 e. The lowest BCUT2D eigenvalue weighted by Gasteiger charge is -2.09. The van der Waals surface area contributed by atoms with Gasteiger partial charge < -0.3 is 5.32 Å². The van der Waals surface area contributed by atoms with E-state index in [0.29, 0.717) is 18.5 Å². The highest BCUT2D eigenvalue weighted by Crippen LogP contribution is 2.17. The lowest BCUT2D eigenvalue weighted by atomic mass is 10.1. The van der Waals surface area contributed by atoms with Crippen molar-refractivity contribution in [2.45, 2.75) is 6.42 Å². The van der Waals surface area contributed by atoms with Crippen LogP contribution in [0.3, 0.4) is 0 Å². The number of nitrogens with one attached hydrogen (secondary N) is 1. The molecule has 2 aromatic rings. The minimum absolute atomic E-state index is 0.00707. The van der Waals surface area contributed by atoms with Crippen molar-refractivity contribution in [3.05, 3.63) is 36.2 Å². The van der Waals surface area contributed by atoms with Crippen LogP contribution in [0.25, 0.3) is 11.0 Å². The Morgan fingerprint density at radius 1 is 1.29 bits per heavy atom. The molecular weight excluding hydrogens is 290 g/mol. The minimum atomic E-state index is -2.92. The molecule has 0 saturated carbocycles. The Morgan fingerprint density at radius 2 is 2.05 bits per heavy atom. The Bertz CT molecular complexity index is 789. The first kappa shape index (κ1) is 13.9. The molecule has 21 heavy (non-hydrogen) atoms. The molecule has 2 heterocycles. The quantitative estimate of drug-likeness (QED) is 0.906. The van der Waals surface area contributed by atoms with Crippen LogP contribution in [0.2, 0.25) is 0 Å². The van der Waals surface area contributed by atoms with Crippen LogP contribution >= 0.6 is 0 Å². The summed E-state index contributed by atoms with van der Waals surface area (Å²) in [4.78, 5) is 20.5. The molecule has 1 saturated heterocycles. The predicted octanol–water partition coefficient (Wildman–Crippen LogP) is 0.794. The molecule has 1 fully saturated rings. The number of sulfone groups is 1. The molecule has 0 bridgehead atoms. The smallest absolute Gasteiger partial charge is 0.271 e. The summed E-state index contributed by atoms with van der Waals surface area (Å²) in [6, 6.07) is 7.31. The molecule has 0 radical (unpaired) electrons. The van der Waals surface area contributed by atoms with Gasteiger partial charge >= 0.3 is 0 Å². The van der Waals surface area contributed by atoms with Crippen LogP contribution in [0.15, 0.2) is 30.5 Å².